The molecule has 0 aromatic rings. The van der Waals surface area contributed by atoms with Gasteiger partial charge in [0.15, 0.2) is 0 Å². The van der Waals surface area contributed by atoms with Gasteiger partial charge in [-0.15, -0.1) is 0 Å². The molecule has 0 aromatic carbocycles. The Kier molecular flexibility index (Phi) is 4.14. The Morgan fingerprint density at radius 3 is 2.42 bits per heavy atom. The van der Waals surface area contributed by atoms with E-state index >= 15 is 0 Å². The largest absolute Gasteiger partial charge is 0.414 e. The van der Waals surface area contributed by atoms with Gasteiger partial charge >= 0.3 is 27.9 Å². The van der Waals surface area contributed by atoms with Crippen LogP contribution in [0.2, 0.25) is 18.1 Å². The van der Waals surface area contributed by atoms with Crippen LogP contribution < -0.4 is 0 Å². The van der Waals surface area contributed by atoms with E-state index in [4.69, 9.17) is 12.3 Å². The summed E-state index contributed by atoms with van der Waals surface area (Å²) >= 11 is 0. The highest BCUT2D eigenvalue weighted by Crippen LogP contribution is 2.23. The standard InChI is InChI=1S/C6H15O3Si3/c1-4-11-7-10-8-12(5-2,6-3)9-11/h4-6H2,1-3H3. The average Bonchev–Trinajstić information content (AvgIpc) is 2.18. The molecule has 0 atom stereocenters. The zero-order chi connectivity index (χ0) is 9.03. The second kappa shape index (κ2) is 4.68. The third-order valence-corrected chi connectivity index (χ3v) is 10.2. The van der Waals surface area contributed by atoms with E-state index in [0.29, 0.717) is 0 Å². The second-order valence-electron chi connectivity index (χ2n) is 2.73. The van der Waals surface area contributed by atoms with Crippen LogP contribution in [0, 0.1) is 0 Å². The van der Waals surface area contributed by atoms with Crippen LogP contribution in [-0.4, -0.2) is 27.9 Å². The first-order valence-electron chi connectivity index (χ1n) is 4.41. The Balaban J connectivity index is 2.52. The van der Waals surface area contributed by atoms with Crippen molar-refractivity contribution in [2.24, 2.45) is 0 Å². The Hall–Kier alpha value is 0.531. The zero-order valence-corrected chi connectivity index (χ0v) is 10.8. The van der Waals surface area contributed by atoms with Crippen LogP contribution in [0.4, 0.5) is 0 Å². The normalized spacial score (nSPS) is 24.2. The van der Waals surface area contributed by atoms with Crippen LogP contribution in [0.25, 0.3) is 0 Å². The van der Waals surface area contributed by atoms with Gasteiger partial charge in [0.05, 0.1) is 0 Å². The molecule has 0 amide bonds. The van der Waals surface area contributed by atoms with Crippen molar-refractivity contribution in [2.75, 3.05) is 0 Å². The van der Waals surface area contributed by atoms with Gasteiger partial charge in [-0.25, -0.2) is 0 Å². The monoisotopic (exact) mass is 219 g/mol. The van der Waals surface area contributed by atoms with E-state index in [2.05, 4.69) is 20.8 Å². The summed E-state index contributed by atoms with van der Waals surface area (Å²) in [5.41, 5.74) is 0. The van der Waals surface area contributed by atoms with Gasteiger partial charge in [0.1, 0.15) is 0 Å². The third-order valence-electron chi connectivity index (χ3n) is 2.05. The lowest BCUT2D eigenvalue weighted by molar-refractivity contribution is 0.275. The first-order valence-corrected chi connectivity index (χ1v) is 8.98. The molecule has 1 fully saturated rings. The molecule has 0 aromatic heterocycles. The fraction of sp³-hybridized carbons (Fsp3) is 1.00. The third kappa shape index (κ3) is 2.27. The van der Waals surface area contributed by atoms with Gasteiger partial charge in [-0.1, -0.05) is 20.8 Å². The predicted octanol–water partition coefficient (Wildman–Crippen LogP) is 1.57. The predicted molar refractivity (Wildman–Crippen MR) is 52.0 cm³/mol. The summed E-state index contributed by atoms with van der Waals surface area (Å²) in [5, 5.41) is 0. The van der Waals surface area contributed by atoms with E-state index in [-0.39, 0.29) is 10.0 Å². The molecule has 0 bridgehead atoms. The first kappa shape index (κ1) is 10.6. The maximum atomic E-state index is 5.92. The van der Waals surface area contributed by atoms with Crippen LogP contribution in [0.5, 0.6) is 0 Å². The maximum absolute atomic E-state index is 5.92. The molecule has 1 rings (SSSR count). The van der Waals surface area contributed by atoms with E-state index in [9.17, 15) is 0 Å². The van der Waals surface area contributed by atoms with E-state index in [1.54, 1.807) is 0 Å². The summed E-state index contributed by atoms with van der Waals surface area (Å²) in [7, 11) is -2.51. The van der Waals surface area contributed by atoms with Gasteiger partial charge in [-0.3, -0.25) is 0 Å². The van der Waals surface area contributed by atoms with E-state index in [1.165, 1.54) is 0 Å². The molecule has 1 saturated heterocycles. The first-order chi connectivity index (χ1) is 5.76. The molecule has 6 heteroatoms. The molecule has 3 nitrogen and oxygen atoms in total. The van der Waals surface area contributed by atoms with Crippen molar-refractivity contribution in [3.05, 3.63) is 0 Å². The molecule has 1 aliphatic heterocycles. The minimum atomic E-state index is -1.78. The van der Waals surface area contributed by atoms with Crippen molar-refractivity contribution in [1.82, 2.24) is 0 Å². The second-order valence-corrected chi connectivity index (χ2v) is 10.0. The van der Waals surface area contributed by atoms with Crippen LogP contribution in [0.1, 0.15) is 20.8 Å². The lowest BCUT2D eigenvalue weighted by Gasteiger charge is -2.35. The van der Waals surface area contributed by atoms with Crippen molar-refractivity contribution in [1.29, 1.82) is 0 Å². The van der Waals surface area contributed by atoms with E-state index in [0.717, 1.165) is 18.1 Å². The van der Waals surface area contributed by atoms with Gasteiger partial charge in [0, 0.05) is 0 Å². The summed E-state index contributed by atoms with van der Waals surface area (Å²) < 4.78 is 17.0. The van der Waals surface area contributed by atoms with Crippen LogP contribution in [0.15, 0.2) is 0 Å². The molecule has 1 heterocycles. The average molecular weight is 219 g/mol. The lowest BCUT2D eigenvalue weighted by Crippen LogP contribution is -2.52. The maximum Gasteiger partial charge on any atom is 0.413 e. The molecular weight excluding hydrogens is 204 g/mol. The van der Waals surface area contributed by atoms with Crippen LogP contribution in [0.3, 0.4) is 0 Å². The molecule has 1 aliphatic rings. The van der Waals surface area contributed by atoms with Crippen LogP contribution >= 0.6 is 0 Å². The Morgan fingerprint density at radius 1 is 1.25 bits per heavy atom. The fourth-order valence-electron chi connectivity index (χ4n) is 1.08. The molecular formula is C6H15O3Si3. The highest BCUT2D eigenvalue weighted by atomic mass is 28.5. The van der Waals surface area contributed by atoms with Crippen molar-refractivity contribution >= 4 is 27.9 Å². The van der Waals surface area contributed by atoms with Crippen molar-refractivity contribution in [2.45, 2.75) is 38.9 Å². The summed E-state index contributed by atoms with van der Waals surface area (Å²) in [6, 6.07) is 3.12. The van der Waals surface area contributed by atoms with Gasteiger partial charge in [-0.05, 0) is 18.1 Å². The quantitative estimate of drug-likeness (QED) is 0.675. The Labute approximate surface area is 79.6 Å². The van der Waals surface area contributed by atoms with Gasteiger partial charge in [-0.2, -0.15) is 0 Å². The zero-order valence-electron chi connectivity index (χ0n) is 7.85. The van der Waals surface area contributed by atoms with Crippen molar-refractivity contribution in [3.63, 3.8) is 0 Å². The minimum Gasteiger partial charge on any atom is -0.414 e. The smallest absolute Gasteiger partial charge is 0.413 e. The summed E-state index contributed by atoms with van der Waals surface area (Å²) in [4.78, 5) is 0. The Morgan fingerprint density at radius 2 is 1.92 bits per heavy atom. The molecule has 69 valence electrons. The van der Waals surface area contributed by atoms with Gasteiger partial charge < -0.3 is 12.3 Å². The Bertz CT molecular complexity index is 140. The van der Waals surface area contributed by atoms with Crippen molar-refractivity contribution in [3.8, 4) is 0 Å². The molecule has 0 N–H and O–H groups in total. The molecule has 0 spiro atoms. The fourth-order valence-corrected chi connectivity index (χ4v) is 9.30. The van der Waals surface area contributed by atoms with Gasteiger partial charge in [0.2, 0.25) is 0 Å². The molecule has 0 aliphatic carbocycles. The minimum absolute atomic E-state index is 0.236. The summed E-state index contributed by atoms with van der Waals surface area (Å²) in [6.07, 6.45) is 0. The van der Waals surface area contributed by atoms with Crippen LogP contribution in [-0.2, 0) is 12.3 Å². The molecule has 3 radical (unpaired) electrons. The van der Waals surface area contributed by atoms with Gasteiger partial charge in [0.25, 0.3) is 0 Å². The number of hydrogen-bond acceptors (Lipinski definition) is 3. The lowest BCUT2D eigenvalue weighted by atomic mass is 10.9. The number of hydrogen-bond donors (Lipinski definition) is 0. The number of rotatable bonds is 3. The van der Waals surface area contributed by atoms with E-state index in [1.807, 2.05) is 0 Å². The van der Waals surface area contributed by atoms with E-state index < -0.39 is 17.8 Å². The molecule has 0 unspecified atom stereocenters. The SMILES string of the molecule is CC[Si]1O[Si]O[Si](CC)(CC)O1. The van der Waals surface area contributed by atoms with Crippen molar-refractivity contribution < 1.29 is 12.3 Å². The topological polar surface area (TPSA) is 27.7 Å². The summed E-state index contributed by atoms with van der Waals surface area (Å²) in [5.74, 6) is 0. The highest BCUT2D eigenvalue weighted by molar-refractivity contribution is 6.80. The molecule has 12 heavy (non-hydrogen) atoms. The molecule has 0 saturated carbocycles. The summed E-state index contributed by atoms with van der Waals surface area (Å²) in [6.45, 7) is 6.43. The highest BCUT2D eigenvalue weighted by Gasteiger charge is 2.41.